The van der Waals surface area contributed by atoms with Crippen LogP contribution in [0.15, 0.2) is 64.9 Å². The predicted molar refractivity (Wildman–Crippen MR) is 123 cm³/mol. The van der Waals surface area contributed by atoms with E-state index in [1.54, 1.807) is 17.8 Å². The first-order valence-corrected chi connectivity index (χ1v) is 12.5. The van der Waals surface area contributed by atoms with E-state index in [4.69, 9.17) is 0 Å². The van der Waals surface area contributed by atoms with E-state index in [2.05, 4.69) is 11.9 Å². The molecule has 160 valence electrons. The molecule has 2 aromatic rings. The van der Waals surface area contributed by atoms with Crippen LogP contribution in [0.2, 0.25) is 0 Å². The highest BCUT2D eigenvalue weighted by atomic mass is 32.2. The quantitative estimate of drug-likeness (QED) is 0.500. The van der Waals surface area contributed by atoms with E-state index in [-0.39, 0.29) is 11.8 Å². The molecule has 0 saturated carbocycles. The van der Waals surface area contributed by atoms with Gasteiger partial charge in [-0.2, -0.15) is 4.31 Å². The Hall–Kier alpha value is -2.09. The van der Waals surface area contributed by atoms with Crippen molar-refractivity contribution in [3.63, 3.8) is 0 Å². The second kappa shape index (κ2) is 9.81. The van der Waals surface area contributed by atoms with E-state index in [0.717, 1.165) is 27.5 Å². The lowest BCUT2D eigenvalue weighted by molar-refractivity contribution is -0.120. The van der Waals surface area contributed by atoms with Crippen molar-refractivity contribution in [1.82, 2.24) is 4.31 Å². The number of nitrogens with one attached hydrogen (secondary N) is 1. The van der Waals surface area contributed by atoms with Gasteiger partial charge in [-0.1, -0.05) is 35.9 Å². The van der Waals surface area contributed by atoms with Gasteiger partial charge in [-0.05, 0) is 50.5 Å². The first kappa shape index (κ1) is 22.6. The van der Waals surface area contributed by atoms with E-state index in [1.165, 1.54) is 4.31 Å². The van der Waals surface area contributed by atoms with Crippen LogP contribution in [0.1, 0.15) is 24.0 Å². The van der Waals surface area contributed by atoms with Crippen LogP contribution < -0.4 is 5.32 Å². The van der Waals surface area contributed by atoms with Crippen molar-refractivity contribution in [2.75, 3.05) is 24.2 Å². The van der Waals surface area contributed by atoms with E-state index in [0.29, 0.717) is 30.8 Å². The highest BCUT2D eigenvalue weighted by molar-refractivity contribution is 7.99. The minimum atomic E-state index is -3.55. The number of aryl methyl sites for hydroxylation is 2. The van der Waals surface area contributed by atoms with Crippen LogP contribution in [0.5, 0.6) is 0 Å². The minimum Gasteiger partial charge on any atom is -0.325 e. The van der Waals surface area contributed by atoms with Crippen LogP contribution in [0.3, 0.4) is 0 Å². The van der Waals surface area contributed by atoms with E-state index < -0.39 is 10.0 Å². The molecule has 1 heterocycles. The smallest absolute Gasteiger partial charge is 0.243 e. The van der Waals surface area contributed by atoms with Gasteiger partial charge in [0.25, 0.3) is 0 Å². The Kier molecular flexibility index (Phi) is 7.39. The maximum absolute atomic E-state index is 13.0. The third kappa shape index (κ3) is 5.14. The van der Waals surface area contributed by atoms with Gasteiger partial charge in [-0.3, -0.25) is 4.79 Å². The number of rotatable bonds is 7. The van der Waals surface area contributed by atoms with Crippen molar-refractivity contribution >= 4 is 33.4 Å². The lowest BCUT2D eigenvalue weighted by Crippen LogP contribution is -2.41. The molecule has 0 bridgehead atoms. The largest absolute Gasteiger partial charge is 0.325 e. The zero-order valence-corrected chi connectivity index (χ0v) is 19.1. The number of hydrogen-bond donors (Lipinski definition) is 1. The number of para-hydroxylation sites is 1. The number of carbonyl (C=O) groups is 1. The third-order valence-electron chi connectivity index (χ3n) is 5.27. The summed E-state index contributed by atoms with van der Waals surface area (Å²) in [6.45, 7) is 8.20. The van der Waals surface area contributed by atoms with Crippen LogP contribution in [0.4, 0.5) is 5.69 Å². The molecule has 1 aliphatic heterocycles. The second-order valence-electron chi connectivity index (χ2n) is 7.53. The molecule has 1 saturated heterocycles. The number of piperidine rings is 1. The van der Waals surface area contributed by atoms with Crippen LogP contribution >= 0.6 is 11.8 Å². The summed E-state index contributed by atoms with van der Waals surface area (Å²) < 4.78 is 27.6. The van der Waals surface area contributed by atoms with Crippen molar-refractivity contribution in [3.05, 3.63) is 66.2 Å². The Morgan fingerprint density at radius 1 is 1.20 bits per heavy atom. The van der Waals surface area contributed by atoms with Crippen molar-refractivity contribution in [3.8, 4) is 0 Å². The Balaban J connectivity index is 1.64. The van der Waals surface area contributed by atoms with Gasteiger partial charge in [0.1, 0.15) is 0 Å². The summed E-state index contributed by atoms with van der Waals surface area (Å²) in [7, 11) is -3.55. The van der Waals surface area contributed by atoms with Crippen LogP contribution in [-0.4, -0.2) is 37.5 Å². The third-order valence-corrected chi connectivity index (χ3v) is 8.40. The van der Waals surface area contributed by atoms with Gasteiger partial charge in [0.2, 0.25) is 15.9 Å². The van der Waals surface area contributed by atoms with Crippen LogP contribution in [0, 0.1) is 19.8 Å². The fourth-order valence-corrected chi connectivity index (χ4v) is 6.09. The molecule has 0 aliphatic carbocycles. The molecular weight excluding hydrogens is 416 g/mol. The summed E-state index contributed by atoms with van der Waals surface area (Å²) in [6, 6.07) is 13.1. The van der Waals surface area contributed by atoms with Crippen molar-refractivity contribution in [2.24, 2.45) is 5.92 Å². The standard InChI is InChI=1S/C23H28N2O3S2/c1-4-15-29-21-8-6-5-7-20(21)24-23(26)19-11-13-25(14-12-19)30(27,28)22-10-9-17(2)16-18(22)3/h4-10,16,19H,1,11-15H2,2-3H3,(H,24,26). The molecule has 30 heavy (non-hydrogen) atoms. The van der Waals surface area contributed by atoms with Crippen molar-refractivity contribution in [2.45, 2.75) is 36.5 Å². The monoisotopic (exact) mass is 444 g/mol. The number of carbonyl (C=O) groups excluding carboxylic acids is 1. The number of sulfonamides is 1. The molecule has 5 nitrogen and oxygen atoms in total. The predicted octanol–water partition coefficient (Wildman–Crippen LogP) is 4.62. The molecule has 1 fully saturated rings. The van der Waals surface area contributed by atoms with Gasteiger partial charge in [-0.15, -0.1) is 18.3 Å². The molecule has 0 radical (unpaired) electrons. The van der Waals surface area contributed by atoms with Crippen LogP contribution in [0.25, 0.3) is 0 Å². The molecule has 2 aromatic carbocycles. The number of thioether (sulfide) groups is 1. The normalized spacial score (nSPS) is 15.7. The highest BCUT2D eigenvalue weighted by Crippen LogP contribution is 2.30. The first-order chi connectivity index (χ1) is 14.3. The molecule has 0 atom stereocenters. The van der Waals surface area contributed by atoms with E-state index >= 15 is 0 Å². The Morgan fingerprint density at radius 3 is 2.57 bits per heavy atom. The van der Waals surface area contributed by atoms with Crippen molar-refractivity contribution in [1.29, 1.82) is 0 Å². The van der Waals surface area contributed by atoms with Gasteiger partial charge in [0.05, 0.1) is 10.6 Å². The van der Waals surface area contributed by atoms with Crippen LogP contribution in [-0.2, 0) is 14.8 Å². The molecule has 0 spiro atoms. The maximum atomic E-state index is 13.0. The number of nitrogens with zero attached hydrogens (tertiary/aromatic N) is 1. The van der Waals surface area contributed by atoms with Gasteiger partial charge in [-0.25, -0.2) is 8.42 Å². The first-order valence-electron chi connectivity index (χ1n) is 10.0. The average Bonchev–Trinajstić information content (AvgIpc) is 2.73. The number of amides is 1. The fraction of sp³-hybridized carbons (Fsp3) is 0.348. The molecule has 7 heteroatoms. The summed E-state index contributed by atoms with van der Waals surface area (Å²) in [4.78, 5) is 14.2. The lowest BCUT2D eigenvalue weighted by Gasteiger charge is -2.31. The highest BCUT2D eigenvalue weighted by Gasteiger charge is 2.33. The van der Waals surface area contributed by atoms with Gasteiger partial charge in [0.15, 0.2) is 0 Å². The molecule has 0 unspecified atom stereocenters. The zero-order valence-electron chi connectivity index (χ0n) is 17.4. The SMILES string of the molecule is C=CCSc1ccccc1NC(=O)C1CCN(S(=O)(=O)c2ccc(C)cc2C)CC1. The Labute approximate surface area is 183 Å². The minimum absolute atomic E-state index is 0.0507. The lowest BCUT2D eigenvalue weighted by atomic mass is 9.97. The van der Waals surface area contributed by atoms with Crippen molar-refractivity contribution < 1.29 is 13.2 Å². The van der Waals surface area contributed by atoms with E-state index in [1.807, 2.05) is 56.3 Å². The molecular formula is C23H28N2O3S2. The zero-order chi connectivity index (χ0) is 21.7. The second-order valence-corrected chi connectivity index (χ2v) is 10.5. The summed E-state index contributed by atoms with van der Waals surface area (Å²) in [5, 5.41) is 3.03. The van der Waals surface area contributed by atoms with Gasteiger partial charge >= 0.3 is 0 Å². The topological polar surface area (TPSA) is 66.5 Å². The van der Waals surface area contributed by atoms with E-state index in [9.17, 15) is 13.2 Å². The molecule has 0 aromatic heterocycles. The Morgan fingerprint density at radius 2 is 1.90 bits per heavy atom. The summed E-state index contributed by atoms with van der Waals surface area (Å²) >= 11 is 1.62. The number of benzene rings is 2. The number of hydrogen-bond acceptors (Lipinski definition) is 4. The summed E-state index contributed by atoms with van der Waals surface area (Å²) in [6.07, 6.45) is 2.85. The maximum Gasteiger partial charge on any atom is 0.243 e. The van der Waals surface area contributed by atoms with Gasteiger partial charge < -0.3 is 5.32 Å². The number of anilines is 1. The average molecular weight is 445 g/mol. The summed E-state index contributed by atoms with van der Waals surface area (Å²) in [5.41, 5.74) is 2.58. The molecule has 1 aliphatic rings. The fourth-order valence-electron chi connectivity index (χ4n) is 3.67. The van der Waals surface area contributed by atoms with Gasteiger partial charge in [0, 0.05) is 29.7 Å². The Bertz CT molecular complexity index is 1030. The molecule has 1 amide bonds. The molecule has 3 rings (SSSR count). The molecule has 1 N–H and O–H groups in total. The summed E-state index contributed by atoms with van der Waals surface area (Å²) in [5.74, 6) is 0.514.